The van der Waals surface area contributed by atoms with Gasteiger partial charge >= 0.3 is 0 Å². The van der Waals surface area contributed by atoms with Crippen LogP contribution in [0, 0.1) is 0 Å². The van der Waals surface area contributed by atoms with Crippen LogP contribution in [0.3, 0.4) is 0 Å². The van der Waals surface area contributed by atoms with E-state index in [2.05, 4.69) is 25.6 Å². The average molecular weight is 392 g/mol. The number of carbonyl (C=O) groups excluding carboxylic acids is 1. The van der Waals surface area contributed by atoms with E-state index < -0.39 is 0 Å². The second-order valence-electron chi connectivity index (χ2n) is 6.17. The summed E-state index contributed by atoms with van der Waals surface area (Å²) in [6.07, 6.45) is 6.77. The molecule has 4 aromatic heterocycles. The van der Waals surface area contributed by atoms with Crippen molar-refractivity contribution in [3.05, 3.63) is 60.9 Å². The molecule has 0 atom stereocenters. The summed E-state index contributed by atoms with van der Waals surface area (Å²) in [5.74, 6) is 0.373. The number of nitrogens with zero attached hydrogens (tertiary/aromatic N) is 4. The number of nitrogens with one attached hydrogen (secondary N) is 2. The summed E-state index contributed by atoms with van der Waals surface area (Å²) in [4.78, 5) is 17.1. The molecule has 0 saturated heterocycles. The van der Waals surface area contributed by atoms with Gasteiger partial charge in [-0.1, -0.05) is 6.07 Å². The van der Waals surface area contributed by atoms with E-state index in [0.717, 1.165) is 5.56 Å². The van der Waals surface area contributed by atoms with Gasteiger partial charge in [-0.2, -0.15) is 10.2 Å². The minimum atomic E-state index is -0.374. The SMILES string of the molecule is CCOCCn1cc(NC(=O)c2ccc(-c3cn[nH]c3)o2)c(-c2ccccn2)n1. The lowest BCUT2D eigenvalue weighted by Gasteiger charge is -2.03. The predicted octanol–water partition coefficient (Wildman–Crippen LogP) is 3.22. The molecule has 0 spiro atoms. The maximum atomic E-state index is 12.7. The number of pyridine rings is 1. The summed E-state index contributed by atoms with van der Waals surface area (Å²) in [6, 6.07) is 8.89. The molecular weight excluding hydrogens is 372 g/mol. The third-order valence-corrected chi connectivity index (χ3v) is 4.20. The first-order valence-electron chi connectivity index (χ1n) is 9.21. The molecule has 0 aromatic carbocycles. The molecule has 9 nitrogen and oxygen atoms in total. The maximum Gasteiger partial charge on any atom is 0.291 e. The predicted molar refractivity (Wildman–Crippen MR) is 106 cm³/mol. The van der Waals surface area contributed by atoms with Gasteiger partial charge in [0.05, 0.1) is 36.3 Å². The van der Waals surface area contributed by atoms with Crippen LogP contribution in [0.15, 0.2) is 59.5 Å². The topological polar surface area (TPSA) is 111 Å². The van der Waals surface area contributed by atoms with E-state index in [9.17, 15) is 4.79 Å². The van der Waals surface area contributed by atoms with Crippen LogP contribution >= 0.6 is 0 Å². The van der Waals surface area contributed by atoms with Crippen molar-refractivity contribution in [1.82, 2.24) is 25.0 Å². The third-order valence-electron chi connectivity index (χ3n) is 4.20. The maximum absolute atomic E-state index is 12.7. The summed E-state index contributed by atoms with van der Waals surface area (Å²) in [5.41, 5.74) is 2.56. The Morgan fingerprint density at radius 3 is 3.00 bits per heavy atom. The number of carbonyl (C=O) groups is 1. The van der Waals surface area contributed by atoms with Gasteiger partial charge < -0.3 is 14.5 Å². The van der Waals surface area contributed by atoms with Gasteiger partial charge in [0, 0.05) is 25.2 Å². The van der Waals surface area contributed by atoms with Gasteiger partial charge in [-0.05, 0) is 31.2 Å². The van der Waals surface area contributed by atoms with Gasteiger partial charge in [-0.15, -0.1) is 0 Å². The summed E-state index contributed by atoms with van der Waals surface area (Å²) >= 11 is 0. The van der Waals surface area contributed by atoms with Crippen molar-refractivity contribution in [1.29, 1.82) is 0 Å². The Labute approximate surface area is 166 Å². The molecule has 0 aliphatic rings. The minimum Gasteiger partial charge on any atom is -0.451 e. The molecule has 0 aliphatic carbocycles. The Kier molecular flexibility index (Phi) is 5.48. The molecule has 4 heterocycles. The second kappa shape index (κ2) is 8.53. The van der Waals surface area contributed by atoms with Crippen LogP contribution in [-0.4, -0.2) is 44.1 Å². The highest BCUT2D eigenvalue weighted by Gasteiger charge is 2.18. The molecule has 0 aliphatic heterocycles. The van der Waals surface area contributed by atoms with Gasteiger partial charge in [-0.25, -0.2) is 0 Å². The zero-order chi connectivity index (χ0) is 20.1. The van der Waals surface area contributed by atoms with Gasteiger partial charge in [0.15, 0.2) is 5.76 Å². The number of aromatic nitrogens is 5. The van der Waals surface area contributed by atoms with Gasteiger partial charge in [0.2, 0.25) is 0 Å². The smallest absolute Gasteiger partial charge is 0.291 e. The van der Waals surface area contributed by atoms with Crippen LogP contribution in [0.2, 0.25) is 0 Å². The molecule has 0 radical (unpaired) electrons. The van der Waals surface area contributed by atoms with Crippen LogP contribution in [-0.2, 0) is 11.3 Å². The number of anilines is 1. The first-order valence-corrected chi connectivity index (χ1v) is 9.21. The van der Waals surface area contributed by atoms with E-state index in [1.165, 1.54) is 0 Å². The van der Waals surface area contributed by atoms with Crippen LogP contribution in [0.1, 0.15) is 17.5 Å². The number of ether oxygens (including phenoxy) is 1. The van der Waals surface area contributed by atoms with Crippen molar-refractivity contribution in [3.8, 4) is 22.7 Å². The number of amides is 1. The Hall–Kier alpha value is -3.72. The molecule has 2 N–H and O–H groups in total. The molecule has 148 valence electrons. The summed E-state index contributed by atoms with van der Waals surface area (Å²) in [7, 11) is 0. The van der Waals surface area contributed by atoms with Crippen LogP contribution < -0.4 is 5.32 Å². The molecule has 0 fully saturated rings. The summed E-state index contributed by atoms with van der Waals surface area (Å²) < 4.78 is 12.8. The fourth-order valence-corrected chi connectivity index (χ4v) is 2.81. The van der Waals surface area contributed by atoms with Crippen molar-refractivity contribution < 1.29 is 13.9 Å². The van der Waals surface area contributed by atoms with E-state index in [1.807, 2.05) is 25.1 Å². The Morgan fingerprint density at radius 2 is 2.24 bits per heavy atom. The fourth-order valence-electron chi connectivity index (χ4n) is 2.81. The summed E-state index contributed by atoms with van der Waals surface area (Å²) in [5, 5.41) is 14.0. The van der Waals surface area contributed by atoms with Crippen molar-refractivity contribution in [2.24, 2.45) is 0 Å². The highest BCUT2D eigenvalue weighted by molar-refractivity contribution is 6.04. The van der Waals surface area contributed by atoms with E-state index in [0.29, 0.717) is 42.6 Å². The number of aromatic amines is 1. The zero-order valence-corrected chi connectivity index (χ0v) is 15.8. The lowest BCUT2D eigenvalue weighted by Crippen LogP contribution is -2.11. The Bertz CT molecular complexity index is 1070. The first kappa shape index (κ1) is 18.6. The van der Waals surface area contributed by atoms with Crippen molar-refractivity contribution in [2.45, 2.75) is 13.5 Å². The first-order chi connectivity index (χ1) is 14.2. The standard InChI is InChI=1S/C20H20N6O3/c1-2-28-10-9-26-13-16(19(25-26)15-5-3-4-8-21-15)24-20(27)18-7-6-17(29-18)14-11-22-23-12-14/h3-8,11-13H,2,9-10H2,1H3,(H,22,23)(H,24,27). The van der Waals surface area contributed by atoms with Crippen molar-refractivity contribution >= 4 is 11.6 Å². The molecule has 0 unspecified atom stereocenters. The molecule has 1 amide bonds. The largest absolute Gasteiger partial charge is 0.451 e. The molecule has 29 heavy (non-hydrogen) atoms. The highest BCUT2D eigenvalue weighted by atomic mass is 16.5. The number of H-pyrrole nitrogens is 1. The highest BCUT2D eigenvalue weighted by Crippen LogP contribution is 2.26. The van der Waals surface area contributed by atoms with Crippen LogP contribution in [0.4, 0.5) is 5.69 Å². The van der Waals surface area contributed by atoms with Crippen molar-refractivity contribution in [2.75, 3.05) is 18.5 Å². The zero-order valence-electron chi connectivity index (χ0n) is 15.8. The molecule has 0 bridgehead atoms. The Balaban J connectivity index is 1.57. The summed E-state index contributed by atoms with van der Waals surface area (Å²) in [6.45, 7) is 3.67. The molecule has 4 rings (SSSR count). The van der Waals surface area contributed by atoms with Crippen LogP contribution in [0.25, 0.3) is 22.7 Å². The van der Waals surface area contributed by atoms with E-state index in [4.69, 9.17) is 9.15 Å². The van der Waals surface area contributed by atoms with Crippen LogP contribution in [0.5, 0.6) is 0 Å². The average Bonchev–Trinajstić information content (AvgIpc) is 3.49. The van der Waals surface area contributed by atoms with Crippen molar-refractivity contribution in [3.63, 3.8) is 0 Å². The lowest BCUT2D eigenvalue weighted by atomic mass is 10.2. The third kappa shape index (κ3) is 4.25. The fraction of sp³-hybridized carbons (Fsp3) is 0.200. The lowest BCUT2D eigenvalue weighted by molar-refractivity contribution is 0.0997. The molecular formula is C20H20N6O3. The minimum absolute atomic E-state index is 0.190. The molecule has 4 aromatic rings. The number of hydrogen-bond acceptors (Lipinski definition) is 6. The number of furan rings is 1. The van der Waals surface area contributed by atoms with E-state index in [-0.39, 0.29) is 11.7 Å². The quantitative estimate of drug-likeness (QED) is 0.446. The second-order valence-corrected chi connectivity index (χ2v) is 6.17. The number of rotatable bonds is 8. The van der Waals surface area contributed by atoms with Gasteiger partial charge in [0.1, 0.15) is 11.5 Å². The van der Waals surface area contributed by atoms with Gasteiger partial charge in [0.25, 0.3) is 5.91 Å². The van der Waals surface area contributed by atoms with E-state index >= 15 is 0 Å². The monoisotopic (exact) mass is 392 g/mol. The molecule has 9 heteroatoms. The number of hydrogen-bond donors (Lipinski definition) is 2. The Morgan fingerprint density at radius 1 is 1.31 bits per heavy atom. The molecule has 0 saturated carbocycles. The van der Waals surface area contributed by atoms with Gasteiger partial charge in [-0.3, -0.25) is 19.6 Å². The normalized spacial score (nSPS) is 10.9. The van der Waals surface area contributed by atoms with E-state index in [1.54, 1.807) is 41.6 Å².